The molecule has 1 heterocycles. The fourth-order valence-corrected chi connectivity index (χ4v) is 4.27. The molecule has 18 heavy (non-hydrogen) atoms. The molecule has 0 aliphatic heterocycles. The molecule has 2 rings (SSSR count). The fourth-order valence-electron chi connectivity index (χ4n) is 3.27. The molecule has 1 aliphatic carbocycles. The third-order valence-electron chi connectivity index (χ3n) is 4.51. The van der Waals surface area contributed by atoms with Crippen molar-refractivity contribution in [3.63, 3.8) is 0 Å². The van der Waals surface area contributed by atoms with Gasteiger partial charge in [-0.1, -0.05) is 33.6 Å². The first-order valence-corrected chi connectivity index (χ1v) is 8.30. The van der Waals surface area contributed by atoms with E-state index in [0.29, 0.717) is 11.5 Å². The molecule has 2 heteroatoms. The molecule has 1 fully saturated rings. The fraction of sp³-hybridized carbons (Fsp3) is 0.750. The smallest absolute Gasteiger partial charge is 0.0169 e. The summed E-state index contributed by atoms with van der Waals surface area (Å²) < 4.78 is 0. The average molecular weight is 265 g/mol. The van der Waals surface area contributed by atoms with E-state index in [1.807, 2.05) is 11.3 Å². The van der Waals surface area contributed by atoms with Gasteiger partial charge in [0, 0.05) is 15.8 Å². The molecule has 1 atom stereocenters. The first-order chi connectivity index (χ1) is 8.68. The Hall–Kier alpha value is -0.340. The van der Waals surface area contributed by atoms with Crippen molar-refractivity contribution in [2.75, 3.05) is 6.54 Å². The molecule has 102 valence electrons. The molecule has 1 nitrogen and oxygen atoms in total. The van der Waals surface area contributed by atoms with Crippen LogP contribution in [0, 0.1) is 5.41 Å². The van der Waals surface area contributed by atoms with Crippen molar-refractivity contribution in [3.05, 3.63) is 21.9 Å². The molecule has 0 bridgehead atoms. The van der Waals surface area contributed by atoms with E-state index in [1.165, 1.54) is 43.4 Å². The first-order valence-electron chi connectivity index (χ1n) is 7.49. The second-order valence-electron chi connectivity index (χ2n) is 5.90. The van der Waals surface area contributed by atoms with Gasteiger partial charge in [-0.25, -0.2) is 0 Å². The van der Waals surface area contributed by atoms with Gasteiger partial charge in [0.15, 0.2) is 0 Å². The third-order valence-corrected chi connectivity index (χ3v) is 5.76. The van der Waals surface area contributed by atoms with E-state index in [-0.39, 0.29) is 0 Å². The van der Waals surface area contributed by atoms with Crippen LogP contribution in [0.2, 0.25) is 0 Å². The third kappa shape index (κ3) is 3.16. The monoisotopic (exact) mass is 265 g/mol. The van der Waals surface area contributed by atoms with Gasteiger partial charge in [-0.15, -0.1) is 11.3 Å². The van der Waals surface area contributed by atoms with E-state index in [9.17, 15) is 0 Å². The largest absolute Gasteiger partial charge is 0.313 e. The van der Waals surface area contributed by atoms with Gasteiger partial charge in [0.2, 0.25) is 0 Å². The Morgan fingerprint density at radius 3 is 2.44 bits per heavy atom. The summed E-state index contributed by atoms with van der Waals surface area (Å²) in [5.41, 5.74) is 0.520. The molecule has 0 radical (unpaired) electrons. The Morgan fingerprint density at radius 1 is 1.22 bits per heavy atom. The van der Waals surface area contributed by atoms with E-state index in [0.717, 1.165) is 6.54 Å². The Labute approximate surface area is 116 Å². The summed E-state index contributed by atoms with van der Waals surface area (Å²) in [5, 5.41) is 3.75. The summed E-state index contributed by atoms with van der Waals surface area (Å²) >= 11 is 2.00. The standard InChI is InChI=1S/C16H27NS/c1-4-13-8-9-14(18-13)12-15(17-5-2)16(3)10-6-7-11-16/h8-9,15,17H,4-7,10-12H2,1-3H3. The van der Waals surface area contributed by atoms with E-state index in [2.05, 4.69) is 38.2 Å². The number of thiophene rings is 1. The lowest BCUT2D eigenvalue weighted by Crippen LogP contribution is -2.43. The number of hydrogen-bond donors (Lipinski definition) is 1. The van der Waals surface area contributed by atoms with E-state index in [1.54, 1.807) is 4.88 Å². The van der Waals surface area contributed by atoms with E-state index in [4.69, 9.17) is 0 Å². The zero-order valence-corrected chi connectivity index (χ0v) is 12.9. The lowest BCUT2D eigenvalue weighted by molar-refractivity contribution is 0.223. The quantitative estimate of drug-likeness (QED) is 0.803. The highest BCUT2D eigenvalue weighted by Gasteiger charge is 2.36. The van der Waals surface area contributed by atoms with Gasteiger partial charge >= 0.3 is 0 Å². The number of likely N-dealkylation sites (N-methyl/N-ethyl adjacent to an activating group) is 1. The molecular formula is C16H27NS. The minimum Gasteiger partial charge on any atom is -0.313 e. The van der Waals surface area contributed by atoms with Crippen molar-refractivity contribution >= 4 is 11.3 Å². The highest BCUT2D eigenvalue weighted by atomic mass is 32.1. The Kier molecular flexibility index (Phi) is 4.85. The highest BCUT2D eigenvalue weighted by Crippen LogP contribution is 2.42. The SMILES string of the molecule is CCNC(Cc1ccc(CC)s1)C1(C)CCCC1. The lowest BCUT2D eigenvalue weighted by atomic mass is 9.79. The van der Waals surface area contributed by atoms with Crippen molar-refractivity contribution in [3.8, 4) is 0 Å². The van der Waals surface area contributed by atoms with E-state index >= 15 is 0 Å². The van der Waals surface area contributed by atoms with Gasteiger partial charge in [0.25, 0.3) is 0 Å². The summed E-state index contributed by atoms with van der Waals surface area (Å²) in [7, 11) is 0. The Bertz CT molecular complexity index is 363. The van der Waals surface area contributed by atoms with Crippen LogP contribution in [0.4, 0.5) is 0 Å². The average Bonchev–Trinajstić information content (AvgIpc) is 2.98. The predicted molar refractivity (Wildman–Crippen MR) is 81.4 cm³/mol. The first kappa shape index (κ1) is 14.1. The van der Waals surface area contributed by atoms with Crippen LogP contribution < -0.4 is 5.32 Å². The molecule has 1 N–H and O–H groups in total. The molecular weight excluding hydrogens is 238 g/mol. The van der Waals surface area contributed by atoms with Crippen molar-refractivity contribution in [1.82, 2.24) is 5.32 Å². The van der Waals surface area contributed by atoms with Crippen molar-refractivity contribution in [2.45, 2.75) is 65.3 Å². The van der Waals surface area contributed by atoms with Crippen molar-refractivity contribution in [2.24, 2.45) is 5.41 Å². The minimum absolute atomic E-state index is 0.520. The van der Waals surface area contributed by atoms with Crippen LogP contribution in [0.25, 0.3) is 0 Å². The van der Waals surface area contributed by atoms with Crippen LogP contribution in [0.3, 0.4) is 0 Å². The number of nitrogens with one attached hydrogen (secondary N) is 1. The van der Waals surface area contributed by atoms with Crippen LogP contribution in [0.15, 0.2) is 12.1 Å². The molecule has 1 aromatic heterocycles. The minimum atomic E-state index is 0.520. The van der Waals surface area contributed by atoms with Crippen molar-refractivity contribution in [1.29, 1.82) is 0 Å². The Morgan fingerprint density at radius 2 is 1.89 bits per heavy atom. The number of hydrogen-bond acceptors (Lipinski definition) is 2. The Balaban J connectivity index is 2.05. The van der Waals surface area contributed by atoms with Crippen LogP contribution in [0.1, 0.15) is 56.2 Å². The topological polar surface area (TPSA) is 12.0 Å². The zero-order chi connectivity index (χ0) is 13.0. The summed E-state index contributed by atoms with van der Waals surface area (Å²) in [4.78, 5) is 3.09. The lowest BCUT2D eigenvalue weighted by Gasteiger charge is -2.34. The second kappa shape index (κ2) is 6.21. The zero-order valence-electron chi connectivity index (χ0n) is 12.1. The molecule has 0 spiro atoms. The molecule has 0 amide bonds. The second-order valence-corrected chi connectivity index (χ2v) is 7.15. The van der Waals surface area contributed by atoms with Crippen LogP contribution in [0.5, 0.6) is 0 Å². The van der Waals surface area contributed by atoms with Gasteiger partial charge in [0.05, 0.1) is 0 Å². The van der Waals surface area contributed by atoms with Crippen LogP contribution >= 0.6 is 11.3 Å². The highest BCUT2D eigenvalue weighted by molar-refractivity contribution is 7.11. The molecule has 1 aromatic rings. The van der Waals surface area contributed by atoms with Gasteiger partial charge in [-0.2, -0.15) is 0 Å². The molecule has 1 saturated carbocycles. The van der Waals surface area contributed by atoms with Gasteiger partial charge in [-0.05, 0) is 49.8 Å². The number of rotatable bonds is 6. The maximum Gasteiger partial charge on any atom is 0.0169 e. The van der Waals surface area contributed by atoms with Gasteiger partial charge in [0.1, 0.15) is 0 Å². The van der Waals surface area contributed by atoms with Crippen LogP contribution in [-0.2, 0) is 12.8 Å². The summed E-state index contributed by atoms with van der Waals surface area (Å²) in [6.45, 7) is 8.06. The molecule has 1 aliphatic rings. The van der Waals surface area contributed by atoms with E-state index < -0.39 is 0 Å². The summed E-state index contributed by atoms with van der Waals surface area (Å²) in [6, 6.07) is 5.31. The van der Waals surface area contributed by atoms with Crippen LogP contribution in [-0.4, -0.2) is 12.6 Å². The van der Waals surface area contributed by atoms with Gasteiger partial charge < -0.3 is 5.32 Å². The maximum absolute atomic E-state index is 3.75. The van der Waals surface area contributed by atoms with Gasteiger partial charge in [-0.3, -0.25) is 0 Å². The predicted octanol–water partition coefficient (Wildman–Crippen LogP) is 4.41. The molecule has 0 aromatic carbocycles. The maximum atomic E-state index is 3.75. The molecule has 1 unspecified atom stereocenters. The normalized spacial score (nSPS) is 20.2. The van der Waals surface area contributed by atoms with Crippen molar-refractivity contribution < 1.29 is 0 Å². The molecule has 0 saturated heterocycles. The summed E-state index contributed by atoms with van der Waals surface area (Å²) in [5.74, 6) is 0. The number of aryl methyl sites for hydroxylation is 1. The summed E-state index contributed by atoms with van der Waals surface area (Å²) in [6.07, 6.45) is 8.03.